The molecular formula is C19H21NO5. The number of aryl methyl sites for hydroxylation is 1. The predicted octanol–water partition coefficient (Wildman–Crippen LogP) is 2.88. The van der Waals surface area contributed by atoms with Gasteiger partial charge in [0.15, 0.2) is 6.04 Å². The van der Waals surface area contributed by atoms with E-state index in [1.165, 1.54) is 20.3 Å². The lowest BCUT2D eigenvalue weighted by Gasteiger charge is -2.19. The third kappa shape index (κ3) is 3.91. The van der Waals surface area contributed by atoms with Crippen LogP contribution in [0.15, 0.2) is 36.4 Å². The average Bonchev–Trinajstić information content (AvgIpc) is 2.61. The van der Waals surface area contributed by atoms with Crippen molar-refractivity contribution >= 4 is 11.9 Å². The number of amides is 1. The van der Waals surface area contributed by atoms with Crippen molar-refractivity contribution in [2.75, 3.05) is 14.2 Å². The van der Waals surface area contributed by atoms with Crippen LogP contribution in [0.2, 0.25) is 0 Å². The lowest BCUT2D eigenvalue weighted by atomic mass is 9.97. The third-order valence-electron chi connectivity index (χ3n) is 4.13. The van der Waals surface area contributed by atoms with E-state index in [1.807, 2.05) is 19.9 Å². The SMILES string of the molecule is COc1ccc(C(=O)NC(C(=O)O)c2cccc(C)c2C)c(OC)c1. The van der Waals surface area contributed by atoms with Gasteiger partial charge in [-0.3, -0.25) is 4.79 Å². The summed E-state index contributed by atoms with van der Waals surface area (Å²) in [5.74, 6) is -0.818. The first kappa shape index (κ1) is 18.3. The van der Waals surface area contributed by atoms with E-state index in [-0.39, 0.29) is 5.56 Å². The van der Waals surface area contributed by atoms with Gasteiger partial charge in [-0.25, -0.2) is 4.79 Å². The zero-order chi connectivity index (χ0) is 18.6. The first-order valence-electron chi connectivity index (χ1n) is 7.70. The van der Waals surface area contributed by atoms with Crippen LogP contribution in [0.4, 0.5) is 0 Å². The number of nitrogens with one attached hydrogen (secondary N) is 1. The minimum atomic E-state index is -1.15. The molecule has 0 saturated carbocycles. The molecule has 6 heteroatoms. The Bertz CT molecular complexity index is 800. The lowest BCUT2D eigenvalue weighted by Crippen LogP contribution is -2.34. The van der Waals surface area contributed by atoms with Gasteiger partial charge in [0.05, 0.1) is 19.8 Å². The van der Waals surface area contributed by atoms with Crippen molar-refractivity contribution in [1.29, 1.82) is 0 Å². The fourth-order valence-electron chi connectivity index (χ4n) is 2.55. The minimum Gasteiger partial charge on any atom is -0.497 e. The van der Waals surface area contributed by atoms with E-state index in [0.717, 1.165) is 11.1 Å². The maximum Gasteiger partial charge on any atom is 0.330 e. The number of carboxylic acid groups (broad SMARTS) is 1. The molecule has 0 saturated heterocycles. The smallest absolute Gasteiger partial charge is 0.330 e. The molecule has 2 N–H and O–H groups in total. The molecule has 132 valence electrons. The summed E-state index contributed by atoms with van der Waals surface area (Å²) in [5.41, 5.74) is 2.57. The molecule has 0 bridgehead atoms. The van der Waals surface area contributed by atoms with Crippen molar-refractivity contribution in [3.8, 4) is 11.5 Å². The zero-order valence-electron chi connectivity index (χ0n) is 14.6. The number of hydrogen-bond acceptors (Lipinski definition) is 4. The number of aliphatic carboxylic acids is 1. The highest BCUT2D eigenvalue weighted by atomic mass is 16.5. The first-order valence-corrected chi connectivity index (χ1v) is 7.70. The Balaban J connectivity index is 2.36. The normalized spacial score (nSPS) is 11.5. The molecule has 0 aliphatic rings. The van der Waals surface area contributed by atoms with E-state index in [9.17, 15) is 14.7 Å². The molecule has 2 aromatic rings. The molecule has 1 atom stereocenters. The Labute approximate surface area is 146 Å². The van der Waals surface area contributed by atoms with Crippen LogP contribution in [0.5, 0.6) is 11.5 Å². The topological polar surface area (TPSA) is 84.9 Å². The third-order valence-corrected chi connectivity index (χ3v) is 4.13. The van der Waals surface area contributed by atoms with Gasteiger partial charge in [-0.2, -0.15) is 0 Å². The average molecular weight is 343 g/mol. The number of benzene rings is 2. The highest BCUT2D eigenvalue weighted by molar-refractivity contribution is 5.99. The summed E-state index contributed by atoms with van der Waals surface area (Å²) in [7, 11) is 2.94. The van der Waals surface area contributed by atoms with Crippen molar-refractivity contribution < 1.29 is 24.2 Å². The van der Waals surface area contributed by atoms with Crippen LogP contribution in [0.1, 0.15) is 33.1 Å². The molecule has 2 rings (SSSR count). The maximum absolute atomic E-state index is 12.6. The number of ether oxygens (including phenoxy) is 2. The van der Waals surface area contributed by atoms with Crippen LogP contribution in [0.3, 0.4) is 0 Å². The standard InChI is InChI=1S/C19H21NO5/c1-11-6-5-7-14(12(11)2)17(19(22)23)20-18(21)15-9-8-13(24-3)10-16(15)25-4/h5-10,17H,1-4H3,(H,20,21)(H,22,23). The van der Waals surface area contributed by atoms with Crippen molar-refractivity contribution in [2.24, 2.45) is 0 Å². The summed E-state index contributed by atoms with van der Waals surface area (Å²) in [5, 5.41) is 12.2. The van der Waals surface area contributed by atoms with Gasteiger partial charge in [-0.05, 0) is 42.7 Å². The lowest BCUT2D eigenvalue weighted by molar-refractivity contribution is -0.139. The molecule has 6 nitrogen and oxygen atoms in total. The van der Waals surface area contributed by atoms with Gasteiger partial charge in [0.25, 0.3) is 5.91 Å². The number of carbonyl (C=O) groups excluding carboxylic acids is 1. The Morgan fingerprint density at radius 3 is 2.40 bits per heavy atom. The number of carboxylic acids is 1. The van der Waals surface area contributed by atoms with Gasteiger partial charge in [-0.15, -0.1) is 0 Å². The van der Waals surface area contributed by atoms with Crippen molar-refractivity contribution in [2.45, 2.75) is 19.9 Å². The van der Waals surface area contributed by atoms with E-state index in [4.69, 9.17) is 9.47 Å². The largest absolute Gasteiger partial charge is 0.497 e. The summed E-state index contributed by atoms with van der Waals surface area (Å²) in [6.45, 7) is 3.73. The van der Waals surface area contributed by atoms with Gasteiger partial charge in [0.1, 0.15) is 11.5 Å². The van der Waals surface area contributed by atoms with E-state index >= 15 is 0 Å². The quantitative estimate of drug-likeness (QED) is 0.842. The molecule has 1 unspecified atom stereocenters. The molecule has 25 heavy (non-hydrogen) atoms. The molecule has 1 amide bonds. The summed E-state index contributed by atoms with van der Waals surface area (Å²) in [4.78, 5) is 24.3. The number of methoxy groups -OCH3 is 2. The van der Waals surface area contributed by atoms with E-state index < -0.39 is 17.9 Å². The minimum absolute atomic E-state index is 0.236. The molecule has 0 aromatic heterocycles. The van der Waals surface area contributed by atoms with Crippen LogP contribution in [-0.2, 0) is 4.79 Å². The number of hydrogen-bond donors (Lipinski definition) is 2. The molecule has 2 aromatic carbocycles. The number of rotatable bonds is 6. The molecule has 0 aliphatic carbocycles. The Kier molecular flexibility index (Phi) is 5.64. The van der Waals surface area contributed by atoms with Gasteiger partial charge < -0.3 is 19.9 Å². The van der Waals surface area contributed by atoms with Gasteiger partial charge in [-0.1, -0.05) is 18.2 Å². The molecule has 0 spiro atoms. The van der Waals surface area contributed by atoms with Gasteiger partial charge >= 0.3 is 5.97 Å². The Morgan fingerprint density at radius 1 is 1.08 bits per heavy atom. The van der Waals surface area contributed by atoms with Gasteiger partial charge in [0, 0.05) is 6.07 Å². The highest BCUT2D eigenvalue weighted by Gasteiger charge is 2.26. The second-order valence-corrected chi connectivity index (χ2v) is 5.60. The second kappa shape index (κ2) is 7.70. The van der Waals surface area contributed by atoms with Crippen LogP contribution in [0, 0.1) is 13.8 Å². The first-order chi connectivity index (χ1) is 11.9. The molecule has 0 radical (unpaired) electrons. The molecule has 0 fully saturated rings. The van der Waals surface area contributed by atoms with Crippen LogP contribution >= 0.6 is 0 Å². The predicted molar refractivity (Wildman–Crippen MR) is 93.3 cm³/mol. The monoisotopic (exact) mass is 343 g/mol. The van der Waals surface area contributed by atoms with Crippen molar-refractivity contribution in [3.05, 3.63) is 58.7 Å². The second-order valence-electron chi connectivity index (χ2n) is 5.60. The van der Waals surface area contributed by atoms with Crippen LogP contribution in [-0.4, -0.2) is 31.2 Å². The van der Waals surface area contributed by atoms with Crippen molar-refractivity contribution in [3.63, 3.8) is 0 Å². The Hall–Kier alpha value is -3.02. The van der Waals surface area contributed by atoms with Crippen LogP contribution in [0.25, 0.3) is 0 Å². The fourth-order valence-corrected chi connectivity index (χ4v) is 2.55. The highest BCUT2D eigenvalue weighted by Crippen LogP contribution is 2.26. The van der Waals surface area contributed by atoms with Crippen molar-refractivity contribution in [1.82, 2.24) is 5.32 Å². The summed E-state index contributed by atoms with van der Waals surface area (Å²) in [6, 6.07) is 8.94. The Morgan fingerprint density at radius 2 is 1.80 bits per heavy atom. The summed E-state index contributed by atoms with van der Waals surface area (Å²) >= 11 is 0. The van der Waals surface area contributed by atoms with E-state index in [0.29, 0.717) is 17.1 Å². The van der Waals surface area contributed by atoms with Crippen LogP contribution < -0.4 is 14.8 Å². The zero-order valence-corrected chi connectivity index (χ0v) is 14.6. The summed E-state index contributed by atoms with van der Waals surface area (Å²) < 4.78 is 10.3. The van der Waals surface area contributed by atoms with E-state index in [2.05, 4.69) is 5.32 Å². The van der Waals surface area contributed by atoms with E-state index in [1.54, 1.807) is 24.3 Å². The maximum atomic E-state index is 12.6. The van der Waals surface area contributed by atoms with Gasteiger partial charge in [0.2, 0.25) is 0 Å². The summed E-state index contributed by atoms with van der Waals surface area (Å²) in [6.07, 6.45) is 0. The number of carbonyl (C=O) groups is 2. The molecule has 0 heterocycles. The fraction of sp³-hybridized carbons (Fsp3) is 0.263. The molecular weight excluding hydrogens is 322 g/mol. The molecule has 0 aliphatic heterocycles.